The van der Waals surface area contributed by atoms with Crippen LogP contribution in [0, 0.1) is 0 Å². The van der Waals surface area contributed by atoms with Crippen LogP contribution in [-0.4, -0.2) is 37.5 Å². The molecule has 1 N–H and O–H groups in total. The molecule has 0 aromatic heterocycles. The molecule has 154 valence electrons. The number of nitrogens with one attached hydrogen (secondary N) is 1. The highest BCUT2D eigenvalue weighted by atomic mass is 32.2. The maximum Gasteiger partial charge on any atom is 0.243 e. The Labute approximate surface area is 176 Å². The van der Waals surface area contributed by atoms with Gasteiger partial charge in [-0.1, -0.05) is 36.8 Å². The van der Waals surface area contributed by atoms with E-state index in [2.05, 4.69) is 17.4 Å². The van der Waals surface area contributed by atoms with Crippen molar-refractivity contribution in [2.24, 2.45) is 0 Å². The smallest absolute Gasteiger partial charge is 0.243 e. The van der Waals surface area contributed by atoms with Crippen LogP contribution < -0.4 is 5.32 Å². The van der Waals surface area contributed by atoms with Crippen molar-refractivity contribution in [3.8, 4) is 0 Å². The SMILES string of the molecule is O=C(Cc1ccc(S(=O)(=O)N2CCCCC2)cc1)NC1CCSc2ccccc21. The van der Waals surface area contributed by atoms with Crippen LogP contribution >= 0.6 is 11.8 Å². The molecular formula is C22H26N2O3S2. The van der Waals surface area contributed by atoms with Gasteiger partial charge < -0.3 is 5.32 Å². The fourth-order valence-corrected chi connectivity index (χ4v) is 6.60. The third-order valence-electron chi connectivity index (χ3n) is 5.53. The van der Waals surface area contributed by atoms with E-state index < -0.39 is 10.0 Å². The van der Waals surface area contributed by atoms with Crippen molar-refractivity contribution >= 4 is 27.7 Å². The Kier molecular flexibility index (Phi) is 6.27. The molecule has 0 aliphatic carbocycles. The normalized spacial score (nSPS) is 20.1. The van der Waals surface area contributed by atoms with Crippen LogP contribution in [0.25, 0.3) is 0 Å². The molecule has 1 fully saturated rings. The lowest BCUT2D eigenvalue weighted by atomic mass is 10.0. The minimum absolute atomic E-state index is 0.0386. The van der Waals surface area contributed by atoms with E-state index >= 15 is 0 Å². The molecule has 0 bridgehead atoms. The van der Waals surface area contributed by atoms with Crippen molar-refractivity contribution < 1.29 is 13.2 Å². The van der Waals surface area contributed by atoms with Gasteiger partial charge in [-0.2, -0.15) is 4.31 Å². The van der Waals surface area contributed by atoms with Gasteiger partial charge in [0.05, 0.1) is 17.4 Å². The molecule has 0 spiro atoms. The Morgan fingerprint density at radius 1 is 1.03 bits per heavy atom. The summed E-state index contributed by atoms with van der Waals surface area (Å²) in [6.07, 6.45) is 4.08. The fourth-order valence-electron chi connectivity index (χ4n) is 3.96. The van der Waals surface area contributed by atoms with E-state index in [0.29, 0.717) is 18.0 Å². The number of hydrogen-bond donors (Lipinski definition) is 1. The molecule has 1 atom stereocenters. The molecule has 2 aliphatic rings. The quantitative estimate of drug-likeness (QED) is 0.784. The van der Waals surface area contributed by atoms with Gasteiger partial charge in [0.15, 0.2) is 0 Å². The standard InChI is InChI=1S/C22H26N2O3S2/c25-22(23-20-12-15-28-21-7-3-2-6-19(20)21)16-17-8-10-18(11-9-17)29(26,27)24-13-4-1-5-14-24/h2-3,6-11,20H,1,4-5,12-16H2,(H,23,25). The predicted molar refractivity (Wildman–Crippen MR) is 115 cm³/mol. The molecular weight excluding hydrogens is 404 g/mol. The van der Waals surface area contributed by atoms with Gasteiger partial charge in [0.25, 0.3) is 0 Å². The summed E-state index contributed by atoms with van der Waals surface area (Å²) in [7, 11) is -3.43. The average molecular weight is 431 g/mol. The Hall–Kier alpha value is -1.83. The molecule has 2 heterocycles. The number of benzene rings is 2. The van der Waals surface area contributed by atoms with Crippen molar-refractivity contribution in [1.29, 1.82) is 0 Å². The Balaban J connectivity index is 1.40. The first kappa shape index (κ1) is 20.4. The van der Waals surface area contributed by atoms with E-state index in [9.17, 15) is 13.2 Å². The largest absolute Gasteiger partial charge is 0.349 e. The number of fused-ring (bicyclic) bond motifs is 1. The summed E-state index contributed by atoms with van der Waals surface area (Å²) in [5, 5.41) is 3.14. The number of carbonyl (C=O) groups is 1. The van der Waals surface area contributed by atoms with Crippen LogP contribution in [0.3, 0.4) is 0 Å². The molecule has 5 nitrogen and oxygen atoms in total. The number of piperidine rings is 1. The zero-order chi connectivity index (χ0) is 20.3. The molecule has 4 rings (SSSR count). The number of carbonyl (C=O) groups excluding carboxylic acids is 1. The Bertz CT molecular complexity index is 968. The fraction of sp³-hybridized carbons (Fsp3) is 0.409. The number of thioether (sulfide) groups is 1. The van der Waals surface area contributed by atoms with Gasteiger partial charge in [0, 0.05) is 23.7 Å². The summed E-state index contributed by atoms with van der Waals surface area (Å²) < 4.78 is 27.1. The van der Waals surface area contributed by atoms with Gasteiger partial charge in [-0.15, -0.1) is 11.8 Å². The molecule has 7 heteroatoms. The van der Waals surface area contributed by atoms with Crippen molar-refractivity contribution in [2.45, 2.75) is 47.9 Å². The first-order valence-electron chi connectivity index (χ1n) is 10.1. The monoisotopic (exact) mass is 430 g/mol. The summed E-state index contributed by atoms with van der Waals surface area (Å²) in [4.78, 5) is 14.1. The number of hydrogen-bond acceptors (Lipinski definition) is 4. The molecule has 1 saturated heterocycles. The van der Waals surface area contributed by atoms with Crippen LogP contribution in [-0.2, 0) is 21.2 Å². The molecule has 2 aromatic rings. The van der Waals surface area contributed by atoms with E-state index in [0.717, 1.165) is 37.0 Å². The maximum atomic E-state index is 12.7. The maximum absolute atomic E-state index is 12.7. The molecule has 1 amide bonds. The first-order valence-corrected chi connectivity index (χ1v) is 12.6. The molecule has 1 unspecified atom stereocenters. The van der Waals surface area contributed by atoms with Gasteiger partial charge in [-0.3, -0.25) is 4.79 Å². The predicted octanol–water partition coefficient (Wildman–Crippen LogP) is 3.76. The summed E-state index contributed by atoms with van der Waals surface area (Å²) in [6.45, 7) is 1.18. The molecule has 0 radical (unpaired) electrons. The third-order valence-corrected chi connectivity index (χ3v) is 8.57. The summed E-state index contributed by atoms with van der Waals surface area (Å²) in [5.41, 5.74) is 2.00. The second-order valence-corrected chi connectivity index (χ2v) is 10.7. The average Bonchev–Trinajstić information content (AvgIpc) is 2.75. The van der Waals surface area contributed by atoms with E-state index in [1.807, 2.05) is 23.9 Å². The van der Waals surface area contributed by atoms with Crippen molar-refractivity contribution in [3.63, 3.8) is 0 Å². The highest BCUT2D eigenvalue weighted by molar-refractivity contribution is 7.99. The lowest BCUT2D eigenvalue weighted by molar-refractivity contribution is -0.121. The van der Waals surface area contributed by atoms with Gasteiger partial charge in [0.2, 0.25) is 15.9 Å². The van der Waals surface area contributed by atoms with E-state index in [1.165, 1.54) is 10.5 Å². The summed E-state index contributed by atoms with van der Waals surface area (Å²) in [6, 6.07) is 15.0. The lowest BCUT2D eigenvalue weighted by Gasteiger charge is -2.26. The first-order chi connectivity index (χ1) is 14.0. The zero-order valence-electron chi connectivity index (χ0n) is 16.3. The van der Waals surface area contributed by atoms with Crippen LogP contribution in [0.5, 0.6) is 0 Å². The third kappa shape index (κ3) is 4.68. The van der Waals surface area contributed by atoms with Crippen LogP contribution in [0.2, 0.25) is 0 Å². The minimum Gasteiger partial charge on any atom is -0.349 e. The van der Waals surface area contributed by atoms with Crippen molar-refractivity contribution in [3.05, 3.63) is 59.7 Å². The minimum atomic E-state index is -3.43. The number of rotatable bonds is 5. The topological polar surface area (TPSA) is 66.5 Å². The highest BCUT2D eigenvalue weighted by Crippen LogP contribution is 2.35. The van der Waals surface area contributed by atoms with Crippen LogP contribution in [0.4, 0.5) is 0 Å². The van der Waals surface area contributed by atoms with Crippen LogP contribution in [0.15, 0.2) is 58.3 Å². The molecule has 2 aromatic carbocycles. The van der Waals surface area contributed by atoms with E-state index in [-0.39, 0.29) is 18.4 Å². The number of amides is 1. The second-order valence-electron chi connectivity index (χ2n) is 7.58. The lowest BCUT2D eigenvalue weighted by Crippen LogP contribution is -2.35. The van der Waals surface area contributed by atoms with Crippen molar-refractivity contribution in [2.75, 3.05) is 18.8 Å². The molecule has 2 aliphatic heterocycles. The van der Waals surface area contributed by atoms with Gasteiger partial charge in [0.1, 0.15) is 0 Å². The second kappa shape index (κ2) is 8.90. The summed E-state index contributed by atoms with van der Waals surface area (Å²) >= 11 is 1.83. The van der Waals surface area contributed by atoms with Gasteiger partial charge >= 0.3 is 0 Å². The number of sulfonamides is 1. The Morgan fingerprint density at radius 2 is 1.76 bits per heavy atom. The van der Waals surface area contributed by atoms with Crippen LogP contribution in [0.1, 0.15) is 42.9 Å². The zero-order valence-corrected chi connectivity index (χ0v) is 18.0. The molecule has 0 saturated carbocycles. The molecule has 29 heavy (non-hydrogen) atoms. The van der Waals surface area contributed by atoms with E-state index in [1.54, 1.807) is 28.6 Å². The summed E-state index contributed by atoms with van der Waals surface area (Å²) in [5.74, 6) is 0.953. The number of nitrogens with zero attached hydrogens (tertiary/aromatic N) is 1. The Morgan fingerprint density at radius 3 is 2.52 bits per heavy atom. The van der Waals surface area contributed by atoms with Gasteiger partial charge in [-0.25, -0.2) is 8.42 Å². The van der Waals surface area contributed by atoms with Crippen molar-refractivity contribution in [1.82, 2.24) is 9.62 Å². The van der Waals surface area contributed by atoms with E-state index in [4.69, 9.17) is 0 Å². The van der Waals surface area contributed by atoms with Gasteiger partial charge in [-0.05, 0) is 48.6 Å². The highest BCUT2D eigenvalue weighted by Gasteiger charge is 2.26.